The van der Waals surface area contributed by atoms with Gasteiger partial charge in [0, 0.05) is 23.9 Å². The van der Waals surface area contributed by atoms with Crippen LogP contribution in [-0.4, -0.2) is 7.11 Å². The van der Waals surface area contributed by atoms with Gasteiger partial charge in [0.25, 0.3) is 0 Å². The lowest BCUT2D eigenvalue weighted by Crippen LogP contribution is -2.02. The van der Waals surface area contributed by atoms with Crippen LogP contribution >= 0.6 is 0 Å². The van der Waals surface area contributed by atoms with Gasteiger partial charge in [-0.3, -0.25) is 0 Å². The maximum absolute atomic E-state index is 13.7. The van der Waals surface area contributed by atoms with Gasteiger partial charge in [-0.05, 0) is 36.8 Å². The Morgan fingerprint density at radius 3 is 2.53 bits per heavy atom. The highest BCUT2D eigenvalue weighted by Crippen LogP contribution is 2.18. The Bertz CT molecular complexity index is 564. The molecule has 4 heteroatoms. The maximum atomic E-state index is 13.7. The molecule has 0 aliphatic rings. The van der Waals surface area contributed by atoms with E-state index in [0.717, 1.165) is 5.56 Å². The Labute approximate surface area is 111 Å². The SMILES string of the molecule is COc1ccc(CNc2cc(C)cc(F)c2)c(F)c1. The van der Waals surface area contributed by atoms with Gasteiger partial charge >= 0.3 is 0 Å². The van der Waals surface area contributed by atoms with Crippen molar-refractivity contribution in [1.82, 2.24) is 0 Å². The quantitative estimate of drug-likeness (QED) is 0.903. The number of hydrogen-bond donors (Lipinski definition) is 1. The van der Waals surface area contributed by atoms with E-state index in [1.165, 1.54) is 25.3 Å². The highest BCUT2D eigenvalue weighted by molar-refractivity contribution is 5.46. The Morgan fingerprint density at radius 1 is 1.11 bits per heavy atom. The van der Waals surface area contributed by atoms with Crippen molar-refractivity contribution in [3.8, 4) is 5.75 Å². The van der Waals surface area contributed by atoms with Gasteiger partial charge in [0.1, 0.15) is 17.4 Å². The Morgan fingerprint density at radius 2 is 1.89 bits per heavy atom. The first-order valence-electron chi connectivity index (χ1n) is 5.92. The first-order valence-corrected chi connectivity index (χ1v) is 5.92. The van der Waals surface area contributed by atoms with Crippen LogP contribution in [0.15, 0.2) is 36.4 Å². The molecule has 0 bridgehead atoms. The van der Waals surface area contributed by atoms with Gasteiger partial charge in [-0.2, -0.15) is 0 Å². The number of aryl methyl sites for hydroxylation is 1. The van der Waals surface area contributed by atoms with Gasteiger partial charge in [-0.1, -0.05) is 6.07 Å². The third-order valence-corrected chi connectivity index (χ3v) is 2.79. The minimum Gasteiger partial charge on any atom is -0.497 e. The molecule has 0 amide bonds. The van der Waals surface area contributed by atoms with Crippen molar-refractivity contribution >= 4 is 5.69 Å². The van der Waals surface area contributed by atoms with Crippen LogP contribution in [0.5, 0.6) is 5.75 Å². The lowest BCUT2D eigenvalue weighted by Gasteiger charge is -2.09. The van der Waals surface area contributed by atoms with E-state index in [1.54, 1.807) is 12.1 Å². The van der Waals surface area contributed by atoms with Crippen LogP contribution in [0.2, 0.25) is 0 Å². The van der Waals surface area contributed by atoms with E-state index in [-0.39, 0.29) is 11.6 Å². The third-order valence-electron chi connectivity index (χ3n) is 2.79. The van der Waals surface area contributed by atoms with E-state index in [2.05, 4.69) is 5.32 Å². The summed E-state index contributed by atoms with van der Waals surface area (Å²) in [4.78, 5) is 0. The van der Waals surface area contributed by atoms with E-state index in [9.17, 15) is 8.78 Å². The summed E-state index contributed by atoms with van der Waals surface area (Å²) in [6.07, 6.45) is 0. The molecule has 0 atom stereocenters. The molecule has 100 valence electrons. The second kappa shape index (κ2) is 5.69. The Kier molecular flexibility index (Phi) is 4.00. The predicted molar refractivity (Wildman–Crippen MR) is 71.4 cm³/mol. The Hall–Kier alpha value is -2.10. The minimum absolute atomic E-state index is 0.290. The number of rotatable bonds is 4. The molecule has 0 aliphatic carbocycles. The monoisotopic (exact) mass is 263 g/mol. The molecule has 0 saturated heterocycles. The van der Waals surface area contributed by atoms with Crippen molar-refractivity contribution in [1.29, 1.82) is 0 Å². The molecule has 2 rings (SSSR count). The lowest BCUT2D eigenvalue weighted by atomic mass is 10.1. The molecule has 1 N–H and O–H groups in total. The number of methoxy groups -OCH3 is 1. The van der Waals surface area contributed by atoms with E-state index in [4.69, 9.17) is 4.74 Å². The minimum atomic E-state index is -0.347. The summed E-state index contributed by atoms with van der Waals surface area (Å²) in [5, 5.41) is 3.00. The fraction of sp³-hybridized carbons (Fsp3) is 0.200. The standard InChI is InChI=1S/C15H15F2NO/c1-10-5-12(16)7-13(6-10)18-9-11-3-4-14(19-2)8-15(11)17/h3-8,18H,9H2,1-2H3. The number of hydrogen-bond acceptors (Lipinski definition) is 2. The number of anilines is 1. The zero-order valence-corrected chi connectivity index (χ0v) is 10.8. The normalized spacial score (nSPS) is 10.3. The predicted octanol–water partition coefficient (Wildman–Crippen LogP) is 3.89. The number of benzene rings is 2. The molecule has 0 aromatic heterocycles. The van der Waals surface area contributed by atoms with E-state index in [1.807, 2.05) is 13.0 Å². The maximum Gasteiger partial charge on any atom is 0.131 e. The number of nitrogens with one attached hydrogen (secondary N) is 1. The van der Waals surface area contributed by atoms with E-state index >= 15 is 0 Å². The summed E-state index contributed by atoms with van der Waals surface area (Å²) in [7, 11) is 1.49. The molecule has 0 aliphatic heterocycles. The lowest BCUT2D eigenvalue weighted by molar-refractivity contribution is 0.411. The van der Waals surface area contributed by atoms with Gasteiger partial charge in [0.2, 0.25) is 0 Å². The molecular weight excluding hydrogens is 248 g/mol. The van der Waals surface area contributed by atoms with Crippen molar-refractivity contribution in [3.63, 3.8) is 0 Å². The van der Waals surface area contributed by atoms with Crippen LogP contribution in [0.3, 0.4) is 0 Å². The first kappa shape index (κ1) is 13.3. The summed E-state index contributed by atoms with van der Waals surface area (Å²) >= 11 is 0. The molecule has 19 heavy (non-hydrogen) atoms. The third kappa shape index (κ3) is 3.44. The average Bonchev–Trinajstić information content (AvgIpc) is 2.36. The summed E-state index contributed by atoms with van der Waals surface area (Å²) in [5.41, 5.74) is 1.95. The first-order chi connectivity index (χ1) is 9.08. The van der Waals surface area contributed by atoms with Crippen LogP contribution in [0.1, 0.15) is 11.1 Å². The van der Waals surface area contributed by atoms with Gasteiger partial charge in [-0.15, -0.1) is 0 Å². The summed E-state index contributed by atoms with van der Waals surface area (Å²) < 4.78 is 31.8. The molecule has 0 radical (unpaired) electrons. The molecule has 0 spiro atoms. The molecule has 2 aromatic carbocycles. The largest absolute Gasteiger partial charge is 0.497 e. The average molecular weight is 263 g/mol. The van der Waals surface area contributed by atoms with Crippen LogP contribution in [-0.2, 0) is 6.54 Å². The Balaban J connectivity index is 2.10. The molecule has 0 unspecified atom stereocenters. The molecular formula is C15H15F2NO. The zero-order chi connectivity index (χ0) is 13.8. The van der Waals surface area contributed by atoms with Crippen LogP contribution in [0, 0.1) is 18.6 Å². The van der Waals surface area contributed by atoms with E-state index in [0.29, 0.717) is 23.5 Å². The summed E-state index contributed by atoms with van der Waals surface area (Å²) in [6.45, 7) is 2.10. The van der Waals surface area contributed by atoms with Gasteiger partial charge in [0.15, 0.2) is 0 Å². The second-order valence-electron chi connectivity index (χ2n) is 4.33. The molecule has 0 saturated carbocycles. The summed E-state index contributed by atoms with van der Waals surface area (Å²) in [6, 6.07) is 9.30. The fourth-order valence-corrected chi connectivity index (χ4v) is 1.83. The van der Waals surface area contributed by atoms with Crippen molar-refractivity contribution in [2.75, 3.05) is 12.4 Å². The second-order valence-corrected chi connectivity index (χ2v) is 4.33. The highest BCUT2D eigenvalue weighted by Gasteiger charge is 2.04. The topological polar surface area (TPSA) is 21.3 Å². The highest BCUT2D eigenvalue weighted by atomic mass is 19.1. The fourth-order valence-electron chi connectivity index (χ4n) is 1.83. The van der Waals surface area contributed by atoms with Crippen molar-refractivity contribution in [3.05, 3.63) is 59.2 Å². The van der Waals surface area contributed by atoms with Gasteiger partial charge < -0.3 is 10.1 Å². The molecule has 0 fully saturated rings. The van der Waals surface area contributed by atoms with E-state index < -0.39 is 0 Å². The van der Waals surface area contributed by atoms with Crippen LogP contribution in [0.25, 0.3) is 0 Å². The summed E-state index contributed by atoms with van der Waals surface area (Å²) in [5.74, 6) is -0.180. The van der Waals surface area contributed by atoms with Crippen molar-refractivity contribution < 1.29 is 13.5 Å². The zero-order valence-electron chi connectivity index (χ0n) is 10.8. The number of ether oxygens (including phenoxy) is 1. The molecule has 2 aromatic rings. The van der Waals surface area contributed by atoms with Crippen molar-refractivity contribution in [2.24, 2.45) is 0 Å². The number of halogens is 2. The smallest absolute Gasteiger partial charge is 0.131 e. The molecule has 2 nitrogen and oxygen atoms in total. The van der Waals surface area contributed by atoms with Crippen LogP contribution < -0.4 is 10.1 Å². The molecule has 0 heterocycles. The van der Waals surface area contributed by atoms with Gasteiger partial charge in [0.05, 0.1) is 7.11 Å². The van der Waals surface area contributed by atoms with Gasteiger partial charge in [-0.25, -0.2) is 8.78 Å². The van der Waals surface area contributed by atoms with Crippen molar-refractivity contribution in [2.45, 2.75) is 13.5 Å². The van der Waals surface area contributed by atoms with Crippen LogP contribution in [0.4, 0.5) is 14.5 Å².